The maximum Gasteiger partial charge on any atom is 0.533 e. The first-order valence-electron chi connectivity index (χ1n) is 7.69. The van der Waals surface area contributed by atoms with E-state index >= 15 is 0 Å². The zero-order valence-corrected chi connectivity index (χ0v) is 15.3. The summed E-state index contributed by atoms with van der Waals surface area (Å²) in [5.74, 6) is -3.61. The van der Waals surface area contributed by atoms with E-state index in [0.717, 1.165) is 24.3 Å². The highest BCUT2D eigenvalue weighted by molar-refractivity contribution is 7.91. The second kappa shape index (κ2) is 8.96. The minimum absolute atomic E-state index is 0.358. The van der Waals surface area contributed by atoms with E-state index in [0.29, 0.717) is 9.46 Å². The van der Waals surface area contributed by atoms with E-state index in [-0.39, 0.29) is 0 Å². The third kappa shape index (κ3) is 6.13. The first kappa shape index (κ1) is 21.5. The number of carbonyl (C=O) groups excluding carboxylic acids is 2. The van der Waals surface area contributed by atoms with E-state index in [1.807, 2.05) is 0 Å². The number of aromatic nitrogens is 2. The van der Waals surface area contributed by atoms with Gasteiger partial charge >= 0.3 is 12.3 Å². The minimum atomic E-state index is -3.81. The second-order valence-electron chi connectivity index (χ2n) is 5.22. The van der Waals surface area contributed by atoms with Crippen molar-refractivity contribution < 1.29 is 57.6 Å². The molecule has 0 bridgehead atoms. The second-order valence-corrected chi connectivity index (χ2v) is 7.52. The van der Waals surface area contributed by atoms with Gasteiger partial charge in [0.25, 0.3) is 0 Å². The number of carbonyl (C=O) groups is 2. The minimum Gasteiger partial charge on any atom is -0.492 e. The Labute approximate surface area is 162 Å². The van der Waals surface area contributed by atoms with Crippen LogP contribution in [0.3, 0.4) is 0 Å². The molecule has 14 nitrogen and oxygen atoms in total. The number of sulfone groups is 1. The molecule has 29 heavy (non-hydrogen) atoms. The average molecular weight is 436 g/mol. The van der Waals surface area contributed by atoms with Crippen LogP contribution in [-0.4, -0.2) is 75.3 Å². The maximum atomic E-state index is 11.8. The molecular weight excluding hydrogens is 420 g/mol. The summed E-state index contributed by atoms with van der Waals surface area (Å²) in [5, 5.41) is 37.1. The first-order valence-corrected chi connectivity index (χ1v) is 9.51. The average Bonchev–Trinajstić information content (AvgIpc) is 3.11. The van der Waals surface area contributed by atoms with Crippen LogP contribution in [0.5, 0.6) is 23.5 Å². The zero-order valence-electron chi connectivity index (χ0n) is 14.5. The molecule has 15 heteroatoms. The highest BCUT2D eigenvalue weighted by atomic mass is 32.2. The summed E-state index contributed by atoms with van der Waals surface area (Å²) in [5.41, 5.74) is 0. The highest BCUT2D eigenvalue weighted by Crippen LogP contribution is 2.19. The molecule has 0 unspecified atom stereocenters. The van der Waals surface area contributed by atoms with Gasteiger partial charge in [-0.05, 0) is 0 Å². The summed E-state index contributed by atoms with van der Waals surface area (Å²) in [7, 11) is -3.81. The van der Waals surface area contributed by atoms with Crippen molar-refractivity contribution in [2.75, 3.05) is 24.7 Å². The van der Waals surface area contributed by atoms with Gasteiger partial charge in [-0.2, -0.15) is 0 Å². The van der Waals surface area contributed by atoms with Gasteiger partial charge < -0.3 is 29.9 Å². The standard InChI is InChI=1S/C14H16N2O12S/c17-9-1-2-10(18)15(9)27-13(21)25-5-7-29(23,24)8-6-26-14(22)28-16-11(19)3-4-12(16)20/h1-4,17-20H,5-8H2. The predicted octanol–water partition coefficient (Wildman–Crippen LogP) is -0.643. The summed E-state index contributed by atoms with van der Waals surface area (Å²) in [6.07, 6.45) is -2.76. The molecule has 0 aliphatic carbocycles. The van der Waals surface area contributed by atoms with Crippen LogP contribution in [0.25, 0.3) is 0 Å². The third-order valence-corrected chi connectivity index (χ3v) is 4.73. The topological polar surface area (TPSA) is 196 Å². The predicted molar refractivity (Wildman–Crippen MR) is 90.0 cm³/mol. The molecule has 2 rings (SSSR count). The van der Waals surface area contributed by atoms with Crippen LogP contribution < -0.4 is 9.68 Å². The van der Waals surface area contributed by atoms with Crippen LogP contribution in [0.15, 0.2) is 24.3 Å². The maximum absolute atomic E-state index is 11.8. The lowest BCUT2D eigenvalue weighted by molar-refractivity contribution is 0.0386. The van der Waals surface area contributed by atoms with Crippen molar-refractivity contribution in [3.8, 4) is 23.5 Å². The van der Waals surface area contributed by atoms with E-state index in [1.54, 1.807) is 0 Å². The Morgan fingerprint density at radius 1 is 0.724 bits per heavy atom. The Morgan fingerprint density at radius 2 is 1.03 bits per heavy atom. The molecule has 2 heterocycles. The largest absolute Gasteiger partial charge is 0.533 e. The van der Waals surface area contributed by atoms with Crippen LogP contribution in [0, 0.1) is 0 Å². The molecule has 2 aromatic rings. The number of aromatic hydroxyl groups is 4. The van der Waals surface area contributed by atoms with E-state index in [1.165, 1.54) is 0 Å². The van der Waals surface area contributed by atoms with E-state index < -0.39 is 70.4 Å². The van der Waals surface area contributed by atoms with E-state index in [9.17, 15) is 38.4 Å². The molecule has 0 saturated carbocycles. The Kier molecular flexibility index (Phi) is 6.66. The monoisotopic (exact) mass is 436 g/mol. The van der Waals surface area contributed by atoms with E-state index in [2.05, 4.69) is 19.1 Å². The van der Waals surface area contributed by atoms with Crippen molar-refractivity contribution in [1.29, 1.82) is 0 Å². The Hall–Kier alpha value is -3.75. The third-order valence-electron chi connectivity index (χ3n) is 3.16. The van der Waals surface area contributed by atoms with Gasteiger partial charge in [0.2, 0.25) is 23.5 Å². The molecule has 0 fully saturated rings. The highest BCUT2D eigenvalue weighted by Gasteiger charge is 2.18. The molecule has 2 aromatic heterocycles. The smallest absolute Gasteiger partial charge is 0.492 e. The van der Waals surface area contributed by atoms with Crippen molar-refractivity contribution in [2.45, 2.75) is 0 Å². The molecule has 0 aliphatic rings. The molecule has 0 atom stereocenters. The van der Waals surface area contributed by atoms with Gasteiger partial charge in [-0.15, -0.1) is 9.46 Å². The van der Waals surface area contributed by atoms with Gasteiger partial charge in [-0.3, -0.25) is 9.68 Å². The SMILES string of the molecule is O=C(OCCS(=O)(=O)CCOC(=O)On1c(O)ccc1O)On1c(O)ccc1O. The molecule has 0 aromatic carbocycles. The Balaban J connectivity index is 1.69. The molecule has 0 amide bonds. The number of ether oxygens (including phenoxy) is 2. The molecule has 4 N–H and O–H groups in total. The van der Waals surface area contributed by atoms with Crippen molar-refractivity contribution in [1.82, 2.24) is 9.46 Å². The quantitative estimate of drug-likeness (QED) is 0.382. The molecule has 0 saturated heterocycles. The number of rotatable bonds is 8. The summed E-state index contributed by atoms with van der Waals surface area (Å²) in [4.78, 5) is 31.7. The lowest BCUT2D eigenvalue weighted by atomic mass is 10.6. The van der Waals surface area contributed by atoms with Gasteiger partial charge in [0.15, 0.2) is 9.84 Å². The normalized spacial score (nSPS) is 11.0. The summed E-state index contributed by atoms with van der Waals surface area (Å²) >= 11 is 0. The number of hydrogen-bond acceptors (Lipinski definition) is 12. The van der Waals surface area contributed by atoms with Gasteiger partial charge in [-0.1, -0.05) is 0 Å². The fourth-order valence-corrected chi connectivity index (χ4v) is 2.68. The van der Waals surface area contributed by atoms with Crippen molar-refractivity contribution in [3.63, 3.8) is 0 Å². The lowest BCUT2D eigenvalue weighted by Gasteiger charge is -2.09. The fourth-order valence-electron chi connectivity index (χ4n) is 1.80. The van der Waals surface area contributed by atoms with Crippen LogP contribution in [0.1, 0.15) is 0 Å². The van der Waals surface area contributed by atoms with Gasteiger partial charge in [0.05, 0.1) is 11.5 Å². The molecule has 0 radical (unpaired) electrons. The Bertz CT molecular complexity index is 866. The van der Waals surface area contributed by atoms with E-state index in [4.69, 9.17) is 0 Å². The van der Waals surface area contributed by atoms with Crippen molar-refractivity contribution >= 4 is 22.1 Å². The number of nitrogens with zero attached hydrogens (tertiary/aromatic N) is 2. The lowest BCUT2D eigenvalue weighted by Crippen LogP contribution is -2.26. The molecular formula is C14H16N2O12S. The van der Waals surface area contributed by atoms with Crippen LogP contribution in [0.4, 0.5) is 9.59 Å². The summed E-state index contributed by atoms with van der Waals surface area (Å²) in [6, 6.07) is 4.16. The summed E-state index contributed by atoms with van der Waals surface area (Å²) in [6.45, 7) is -1.22. The van der Waals surface area contributed by atoms with Crippen LogP contribution in [-0.2, 0) is 19.3 Å². The van der Waals surface area contributed by atoms with Crippen molar-refractivity contribution in [3.05, 3.63) is 24.3 Å². The van der Waals surface area contributed by atoms with Crippen molar-refractivity contribution in [2.24, 2.45) is 0 Å². The van der Waals surface area contributed by atoms with Gasteiger partial charge in [0.1, 0.15) is 13.2 Å². The molecule has 0 aliphatic heterocycles. The van der Waals surface area contributed by atoms with Crippen LogP contribution in [0.2, 0.25) is 0 Å². The van der Waals surface area contributed by atoms with Crippen LogP contribution >= 0.6 is 0 Å². The Morgan fingerprint density at radius 3 is 1.34 bits per heavy atom. The molecule has 0 spiro atoms. The van der Waals surface area contributed by atoms with Gasteiger partial charge in [-0.25, -0.2) is 18.0 Å². The van der Waals surface area contributed by atoms with Gasteiger partial charge in [0, 0.05) is 24.3 Å². The first-order chi connectivity index (χ1) is 13.6. The fraction of sp³-hybridized carbons (Fsp3) is 0.286. The number of hydrogen-bond donors (Lipinski definition) is 4. The molecule has 160 valence electrons. The zero-order chi connectivity index (χ0) is 21.6. The summed E-state index contributed by atoms with van der Waals surface area (Å²) < 4.78 is 33.4.